The van der Waals surface area contributed by atoms with Crippen LogP contribution in [-0.4, -0.2) is 30.5 Å². The molecule has 3 heteroatoms. The Kier molecular flexibility index (Phi) is 3.85. The predicted molar refractivity (Wildman–Crippen MR) is 73.5 cm³/mol. The molecule has 0 unspecified atom stereocenters. The van der Waals surface area contributed by atoms with Gasteiger partial charge in [0.2, 0.25) is 0 Å². The number of carbonyl (C=O) groups excluding carboxylic acids is 1. The summed E-state index contributed by atoms with van der Waals surface area (Å²) in [5, 5.41) is 0. The van der Waals surface area contributed by atoms with Crippen molar-refractivity contribution in [3.05, 3.63) is 59.8 Å². The van der Waals surface area contributed by atoms with Crippen LogP contribution < -0.4 is 0 Å². The molecule has 0 spiro atoms. The standard InChI is InChI=1S/C15H16N2O/c1-3-13-14(16-2)10-17(11-15(13)18)9-12-7-5-4-6-8-12/h3-8H,1-2,9-11H2. The number of allylic oxidation sites excluding steroid dienone is 1. The van der Waals surface area contributed by atoms with Crippen LogP contribution >= 0.6 is 0 Å². The summed E-state index contributed by atoms with van der Waals surface area (Å²) in [6.07, 6.45) is 1.58. The number of ketones is 1. The summed E-state index contributed by atoms with van der Waals surface area (Å²) < 4.78 is 0. The molecular weight excluding hydrogens is 224 g/mol. The van der Waals surface area contributed by atoms with E-state index < -0.39 is 0 Å². The van der Waals surface area contributed by atoms with Gasteiger partial charge in [0.1, 0.15) is 0 Å². The van der Waals surface area contributed by atoms with E-state index in [2.05, 4.69) is 35.3 Å². The van der Waals surface area contributed by atoms with Crippen molar-refractivity contribution in [2.24, 2.45) is 4.99 Å². The number of benzene rings is 1. The summed E-state index contributed by atoms with van der Waals surface area (Å²) in [5.41, 5.74) is 2.52. The molecule has 0 bridgehead atoms. The SMILES string of the molecule is C=CC1=C(N=C)CN(Cc2ccccc2)CC1=O. The summed E-state index contributed by atoms with van der Waals surface area (Å²) >= 11 is 0. The fourth-order valence-electron chi connectivity index (χ4n) is 2.12. The van der Waals surface area contributed by atoms with Crippen molar-refractivity contribution in [3.63, 3.8) is 0 Å². The summed E-state index contributed by atoms with van der Waals surface area (Å²) in [4.78, 5) is 17.9. The van der Waals surface area contributed by atoms with E-state index in [0.717, 1.165) is 12.2 Å². The van der Waals surface area contributed by atoms with Crippen LogP contribution in [0.2, 0.25) is 0 Å². The fraction of sp³-hybridized carbons (Fsp3) is 0.200. The van der Waals surface area contributed by atoms with Gasteiger partial charge >= 0.3 is 0 Å². The lowest BCUT2D eigenvalue weighted by atomic mass is 10.0. The highest BCUT2D eigenvalue weighted by Gasteiger charge is 2.23. The third kappa shape index (κ3) is 2.63. The normalized spacial score (nSPS) is 16.8. The van der Waals surface area contributed by atoms with E-state index >= 15 is 0 Å². The molecule has 0 atom stereocenters. The zero-order valence-corrected chi connectivity index (χ0v) is 10.3. The van der Waals surface area contributed by atoms with Crippen molar-refractivity contribution in [2.45, 2.75) is 6.54 Å². The molecule has 3 nitrogen and oxygen atoms in total. The lowest BCUT2D eigenvalue weighted by Crippen LogP contribution is -2.36. The number of carbonyl (C=O) groups is 1. The smallest absolute Gasteiger partial charge is 0.178 e. The number of hydrogen-bond donors (Lipinski definition) is 0. The van der Waals surface area contributed by atoms with Crippen molar-refractivity contribution in [1.82, 2.24) is 4.90 Å². The maximum Gasteiger partial charge on any atom is 0.178 e. The van der Waals surface area contributed by atoms with Crippen LogP contribution in [-0.2, 0) is 11.3 Å². The highest BCUT2D eigenvalue weighted by atomic mass is 16.1. The molecule has 0 saturated heterocycles. The highest BCUT2D eigenvalue weighted by Crippen LogP contribution is 2.18. The van der Waals surface area contributed by atoms with Crippen LogP contribution in [0.25, 0.3) is 0 Å². The lowest BCUT2D eigenvalue weighted by molar-refractivity contribution is -0.117. The Morgan fingerprint density at radius 1 is 1.28 bits per heavy atom. The Morgan fingerprint density at radius 2 is 2.00 bits per heavy atom. The molecular formula is C15H16N2O. The van der Waals surface area contributed by atoms with Gasteiger partial charge in [0.15, 0.2) is 5.78 Å². The molecule has 1 aromatic carbocycles. The third-order valence-corrected chi connectivity index (χ3v) is 3.00. The molecule has 1 aromatic rings. The predicted octanol–water partition coefficient (Wildman–Crippen LogP) is 2.21. The van der Waals surface area contributed by atoms with E-state index in [1.165, 1.54) is 5.56 Å². The summed E-state index contributed by atoms with van der Waals surface area (Å²) in [7, 11) is 0. The number of rotatable bonds is 4. The van der Waals surface area contributed by atoms with Crippen molar-refractivity contribution in [1.29, 1.82) is 0 Å². The lowest BCUT2D eigenvalue weighted by Gasteiger charge is -2.27. The molecule has 0 radical (unpaired) electrons. The van der Waals surface area contributed by atoms with Gasteiger partial charge in [-0.2, -0.15) is 0 Å². The number of Topliss-reactive ketones (excluding diaryl/α,β-unsaturated/α-hetero) is 1. The maximum absolute atomic E-state index is 11.9. The Bertz CT molecular complexity index is 502. The van der Waals surface area contributed by atoms with E-state index in [0.29, 0.717) is 18.7 Å². The highest BCUT2D eigenvalue weighted by molar-refractivity contribution is 6.01. The molecule has 2 rings (SSSR count). The van der Waals surface area contributed by atoms with E-state index in [9.17, 15) is 4.79 Å². The molecule has 1 aliphatic heterocycles. The van der Waals surface area contributed by atoms with Crippen molar-refractivity contribution >= 4 is 12.5 Å². The van der Waals surface area contributed by atoms with Gasteiger partial charge in [0.25, 0.3) is 0 Å². The zero-order valence-electron chi connectivity index (χ0n) is 10.3. The van der Waals surface area contributed by atoms with Gasteiger partial charge < -0.3 is 0 Å². The number of aliphatic imine (C=N–C) groups is 1. The monoisotopic (exact) mass is 240 g/mol. The molecule has 18 heavy (non-hydrogen) atoms. The molecule has 0 saturated carbocycles. The molecule has 1 heterocycles. The summed E-state index contributed by atoms with van der Waals surface area (Å²) in [6, 6.07) is 10.1. The Labute approximate surface area is 107 Å². The average molecular weight is 240 g/mol. The van der Waals surface area contributed by atoms with Gasteiger partial charge in [-0.05, 0) is 12.3 Å². The van der Waals surface area contributed by atoms with Gasteiger partial charge in [-0.15, -0.1) is 0 Å². The molecule has 0 aromatic heterocycles. The molecule has 0 amide bonds. The minimum Gasteiger partial charge on any atom is -0.293 e. The van der Waals surface area contributed by atoms with Crippen LogP contribution in [0.1, 0.15) is 5.56 Å². The second-order valence-electron chi connectivity index (χ2n) is 4.28. The summed E-state index contributed by atoms with van der Waals surface area (Å²) in [6.45, 7) is 8.98. The van der Waals surface area contributed by atoms with E-state index in [1.807, 2.05) is 18.2 Å². The van der Waals surface area contributed by atoms with Gasteiger partial charge in [-0.3, -0.25) is 14.7 Å². The van der Waals surface area contributed by atoms with E-state index in [1.54, 1.807) is 6.08 Å². The largest absolute Gasteiger partial charge is 0.293 e. The minimum atomic E-state index is 0.0644. The maximum atomic E-state index is 11.9. The molecule has 0 N–H and O–H groups in total. The second-order valence-corrected chi connectivity index (χ2v) is 4.28. The van der Waals surface area contributed by atoms with Crippen molar-refractivity contribution in [3.8, 4) is 0 Å². The molecule has 92 valence electrons. The number of nitrogens with zero attached hydrogens (tertiary/aromatic N) is 2. The van der Waals surface area contributed by atoms with Gasteiger partial charge in [-0.1, -0.05) is 43.0 Å². The third-order valence-electron chi connectivity index (χ3n) is 3.00. The van der Waals surface area contributed by atoms with E-state index in [-0.39, 0.29) is 5.78 Å². The average Bonchev–Trinajstić information content (AvgIpc) is 2.39. The first-order chi connectivity index (χ1) is 8.74. The summed E-state index contributed by atoms with van der Waals surface area (Å²) in [5.74, 6) is 0.0644. The zero-order chi connectivity index (χ0) is 13.0. The topological polar surface area (TPSA) is 32.7 Å². The van der Waals surface area contributed by atoms with E-state index in [4.69, 9.17) is 0 Å². The van der Waals surface area contributed by atoms with Crippen LogP contribution in [0.4, 0.5) is 0 Å². The first-order valence-corrected chi connectivity index (χ1v) is 5.86. The molecule has 0 fully saturated rings. The Balaban J connectivity index is 2.15. The van der Waals surface area contributed by atoms with Crippen molar-refractivity contribution < 1.29 is 4.79 Å². The van der Waals surface area contributed by atoms with Crippen LogP contribution in [0.15, 0.2) is 59.2 Å². The molecule has 0 aliphatic carbocycles. The van der Waals surface area contributed by atoms with Crippen LogP contribution in [0.5, 0.6) is 0 Å². The Hall–Kier alpha value is -2.00. The second kappa shape index (κ2) is 5.56. The first kappa shape index (κ1) is 12.5. The number of hydrogen-bond acceptors (Lipinski definition) is 3. The quantitative estimate of drug-likeness (QED) is 0.756. The van der Waals surface area contributed by atoms with Crippen LogP contribution in [0, 0.1) is 0 Å². The minimum absolute atomic E-state index is 0.0644. The fourth-order valence-corrected chi connectivity index (χ4v) is 2.12. The van der Waals surface area contributed by atoms with Gasteiger partial charge in [0, 0.05) is 18.7 Å². The van der Waals surface area contributed by atoms with Gasteiger partial charge in [-0.25, -0.2) is 0 Å². The van der Waals surface area contributed by atoms with Crippen LogP contribution in [0.3, 0.4) is 0 Å². The van der Waals surface area contributed by atoms with Gasteiger partial charge in [0.05, 0.1) is 12.2 Å². The molecule has 1 aliphatic rings. The van der Waals surface area contributed by atoms with Crippen molar-refractivity contribution in [2.75, 3.05) is 13.1 Å². The first-order valence-electron chi connectivity index (χ1n) is 5.86. The Morgan fingerprint density at radius 3 is 2.61 bits per heavy atom.